The molecule has 4 rings (SSSR count). The lowest BCUT2D eigenvalue weighted by Crippen LogP contribution is -2.14. The van der Waals surface area contributed by atoms with Crippen LogP contribution in [0.4, 0.5) is 23.1 Å². The Kier molecular flexibility index (Phi) is 2.76. The summed E-state index contributed by atoms with van der Waals surface area (Å²) in [6.07, 6.45) is -0.604. The molecule has 31 heavy (non-hydrogen) atoms. The quantitative estimate of drug-likeness (QED) is 0.481. The maximum absolute atomic E-state index is 12.3. The molecule has 0 saturated heterocycles. The fourth-order valence-electron chi connectivity index (χ4n) is 2.81. The van der Waals surface area contributed by atoms with Gasteiger partial charge in [-0.2, -0.15) is 10.1 Å². The highest BCUT2D eigenvalue weighted by Gasteiger charge is 2.14. The van der Waals surface area contributed by atoms with Crippen molar-refractivity contribution in [1.29, 1.82) is 0 Å². The summed E-state index contributed by atoms with van der Waals surface area (Å²) in [6.45, 7) is -4.08. The van der Waals surface area contributed by atoms with E-state index in [1.165, 1.54) is 11.9 Å². The molecular formula is C21H23N7O2S. The van der Waals surface area contributed by atoms with E-state index in [2.05, 4.69) is 20.4 Å². The van der Waals surface area contributed by atoms with Gasteiger partial charge in [0.15, 0.2) is 0 Å². The van der Waals surface area contributed by atoms with Gasteiger partial charge in [0, 0.05) is 50.9 Å². The molecule has 0 radical (unpaired) electrons. The van der Waals surface area contributed by atoms with Crippen LogP contribution in [0.5, 0.6) is 0 Å². The third-order valence-electron chi connectivity index (χ3n) is 4.44. The number of anilines is 4. The maximum atomic E-state index is 12.3. The number of fused-ring (bicyclic) bond motifs is 1. The molecule has 0 unspecified atom stereocenters. The average molecular weight is 449 g/mol. The zero-order valence-corrected chi connectivity index (χ0v) is 17.1. The van der Waals surface area contributed by atoms with Gasteiger partial charge in [0.2, 0.25) is 16.0 Å². The number of aryl methyl sites for hydroxylation is 2. The zero-order chi connectivity index (χ0) is 31.7. The monoisotopic (exact) mass is 448 g/mol. The Morgan fingerprint density at radius 1 is 1.29 bits per heavy atom. The number of sulfonamides is 1. The maximum Gasteiger partial charge on any atom is 0.238 e. The van der Waals surface area contributed by atoms with Crippen molar-refractivity contribution in [1.82, 2.24) is 19.7 Å². The number of nitrogens with two attached hydrogens (primary N) is 1. The van der Waals surface area contributed by atoms with Crippen LogP contribution in [-0.4, -0.2) is 35.2 Å². The van der Waals surface area contributed by atoms with Gasteiger partial charge in [0.05, 0.1) is 17.3 Å². The second-order valence-electron chi connectivity index (χ2n) is 6.49. The van der Waals surface area contributed by atoms with Gasteiger partial charge in [-0.25, -0.2) is 18.5 Å². The van der Waals surface area contributed by atoms with Gasteiger partial charge in [-0.1, -0.05) is 6.04 Å². The lowest BCUT2D eigenvalue weighted by Gasteiger charge is -2.19. The zero-order valence-electron chi connectivity index (χ0n) is 27.3. The van der Waals surface area contributed by atoms with Crippen LogP contribution < -0.4 is 15.4 Å². The number of hydrogen-bond acceptors (Lipinski definition) is 7. The first-order valence-corrected chi connectivity index (χ1v) is 10.2. The molecule has 0 atom stereocenters. The highest BCUT2D eigenvalue weighted by molar-refractivity contribution is 7.89. The van der Waals surface area contributed by atoms with Crippen LogP contribution in [0.3, 0.4) is 0 Å². The number of primary sulfonamides is 1. The molecule has 9 nitrogen and oxygen atoms in total. The summed E-state index contributed by atoms with van der Waals surface area (Å²) in [7, 11) is -3.36. The largest absolute Gasteiger partial charge is 0.329 e. The van der Waals surface area contributed by atoms with E-state index in [0.717, 1.165) is 4.68 Å². The Bertz CT molecular complexity index is 1850. The van der Waals surface area contributed by atoms with E-state index in [1.54, 1.807) is 25.1 Å². The number of nitrogens with zero attached hydrogens (tertiary/aromatic N) is 5. The summed E-state index contributed by atoms with van der Waals surface area (Å²) in [4.78, 5) is 8.19. The topological polar surface area (TPSA) is 119 Å². The van der Waals surface area contributed by atoms with Gasteiger partial charge in [-0.3, -0.25) is 4.68 Å². The molecule has 2 heterocycles. The third kappa shape index (κ3) is 4.07. The molecule has 0 spiro atoms. The Morgan fingerprint density at radius 2 is 2.13 bits per heavy atom. The van der Waals surface area contributed by atoms with Crippen LogP contribution in [0.15, 0.2) is 53.4 Å². The molecule has 2 aromatic heterocycles. The fraction of sp³-hybridized carbons (Fsp3) is 0.190. The number of benzene rings is 2. The molecule has 0 bridgehead atoms. The van der Waals surface area contributed by atoms with Gasteiger partial charge in [0.25, 0.3) is 0 Å². The number of rotatable bonds is 5. The van der Waals surface area contributed by atoms with E-state index >= 15 is 0 Å². The Labute approximate surface area is 196 Å². The fourth-order valence-corrected chi connectivity index (χ4v) is 3.39. The van der Waals surface area contributed by atoms with E-state index in [0.29, 0.717) is 22.3 Å². The highest BCUT2D eigenvalue weighted by atomic mass is 32.2. The van der Waals surface area contributed by atoms with Gasteiger partial charge < -0.3 is 10.2 Å². The summed E-state index contributed by atoms with van der Waals surface area (Å²) in [6, 6.07) is 1.46. The van der Waals surface area contributed by atoms with Crippen molar-refractivity contribution in [2.75, 3.05) is 17.3 Å². The van der Waals surface area contributed by atoms with E-state index < -0.39 is 76.3 Å². The van der Waals surface area contributed by atoms with Crippen LogP contribution in [0.2, 0.25) is 0 Å². The molecule has 160 valence electrons. The van der Waals surface area contributed by atoms with Crippen molar-refractivity contribution in [2.24, 2.45) is 12.1 Å². The molecular weight excluding hydrogens is 414 g/mol. The van der Waals surface area contributed by atoms with Gasteiger partial charge in [0.1, 0.15) is 5.82 Å². The number of nitrogens with one attached hydrogen (secondary N) is 1. The van der Waals surface area contributed by atoms with Crippen molar-refractivity contribution in [2.45, 2.75) is 18.7 Å². The minimum absolute atomic E-state index is 0.154. The van der Waals surface area contributed by atoms with E-state index in [-0.39, 0.29) is 5.82 Å². The lowest BCUT2D eigenvalue weighted by atomic mass is 10.2. The number of hydrogen-bond donors (Lipinski definition) is 2. The van der Waals surface area contributed by atoms with Crippen LogP contribution in [0.1, 0.15) is 26.3 Å². The number of aromatic nitrogens is 4. The molecule has 0 aliphatic rings. The van der Waals surface area contributed by atoms with Gasteiger partial charge >= 0.3 is 0 Å². The summed E-state index contributed by atoms with van der Waals surface area (Å²) in [5.74, 6) is -0.622. The van der Waals surface area contributed by atoms with Crippen LogP contribution in [0.25, 0.3) is 10.9 Å². The average Bonchev–Trinajstić information content (AvgIpc) is 3.20. The molecule has 0 aliphatic heterocycles. The van der Waals surface area contributed by atoms with Crippen molar-refractivity contribution in [3.8, 4) is 0 Å². The predicted octanol–water partition coefficient (Wildman–Crippen LogP) is 3.14. The Morgan fingerprint density at radius 3 is 2.87 bits per heavy atom. The first kappa shape index (κ1) is 11.2. The van der Waals surface area contributed by atoms with E-state index in [1.807, 2.05) is 0 Å². The highest BCUT2D eigenvalue weighted by Crippen LogP contribution is 2.28. The van der Waals surface area contributed by atoms with Crippen molar-refractivity contribution >= 4 is 44.1 Å². The van der Waals surface area contributed by atoms with E-state index in [9.17, 15) is 8.42 Å². The first-order valence-electron chi connectivity index (χ1n) is 14.2. The smallest absolute Gasteiger partial charge is 0.238 e. The van der Waals surface area contributed by atoms with E-state index in [4.69, 9.17) is 20.2 Å². The van der Waals surface area contributed by atoms with Gasteiger partial charge in [-0.05, 0) is 55.7 Å². The summed E-state index contributed by atoms with van der Waals surface area (Å²) < 4.78 is 113. The molecule has 10 heteroatoms. The normalized spacial score (nSPS) is 17.6. The summed E-state index contributed by atoms with van der Waals surface area (Å²) >= 11 is 0. The first-order chi connectivity index (χ1) is 19.1. The van der Waals surface area contributed by atoms with Gasteiger partial charge in [-0.15, -0.1) is 0 Å². The van der Waals surface area contributed by atoms with Crippen molar-refractivity contribution < 1.29 is 23.5 Å². The summed E-state index contributed by atoms with van der Waals surface area (Å²) in [5.41, 5.74) is -0.596. The van der Waals surface area contributed by atoms with Crippen LogP contribution in [0, 0.1) is 13.8 Å². The van der Waals surface area contributed by atoms with Crippen LogP contribution >= 0.6 is 0 Å². The molecule has 2 aromatic carbocycles. The Balaban J connectivity index is 1.83. The summed E-state index contributed by atoms with van der Waals surface area (Å²) in [5, 5.41) is 12.3. The minimum atomic E-state index is -4.85. The lowest BCUT2D eigenvalue weighted by molar-refractivity contribution is 0.597. The molecule has 0 amide bonds. The van der Waals surface area contributed by atoms with Crippen molar-refractivity contribution in [3.05, 3.63) is 59.8 Å². The second-order valence-corrected chi connectivity index (χ2v) is 7.99. The van der Waals surface area contributed by atoms with Crippen LogP contribution in [-0.2, 0) is 17.0 Å². The van der Waals surface area contributed by atoms with Crippen molar-refractivity contribution in [3.63, 3.8) is 0 Å². The molecule has 0 aliphatic carbocycles. The molecule has 4 aromatic rings. The standard InChI is InChI=1S/C21H23N7O2S/c1-13-5-6-15(11-19(13)31(22,29)30)24-21-23-10-9-20(25-21)27(3)16-7-8-17-14(2)28(4)26-18(17)12-16/h5-12H,1-4H3,(H2,22,29,30)(H,23,24,25)/i1D3,4D3,5D,6D,9D,10D,11D. The second kappa shape index (κ2) is 7.64. The Hall–Kier alpha value is -3.50. The molecule has 3 N–H and O–H groups in total. The molecule has 0 fully saturated rings. The minimum Gasteiger partial charge on any atom is -0.329 e. The SMILES string of the molecule is [2H]c1nc(Nc2c([2H])c([2H])c(C([2H])([2H])[2H])c(S(N)(=O)=O)c2[2H])nc(N(C)c2ccc3c(C)n(C([2H])([2H])[2H])nc3c2)c1[2H]. The molecule has 0 saturated carbocycles. The third-order valence-corrected chi connectivity index (χ3v) is 5.32. The predicted molar refractivity (Wildman–Crippen MR) is 121 cm³/mol.